The topological polar surface area (TPSA) is 42.0 Å². The summed E-state index contributed by atoms with van der Waals surface area (Å²) in [4.78, 5) is 15.7. The molecule has 0 unspecified atom stereocenters. The molecule has 2 rings (SSSR count). The highest BCUT2D eigenvalue weighted by Gasteiger charge is 2.06. The van der Waals surface area contributed by atoms with Crippen molar-refractivity contribution in [1.29, 1.82) is 0 Å². The highest BCUT2D eigenvalue weighted by atomic mass is 19.2. The fourth-order valence-corrected chi connectivity index (χ4v) is 1.73. The van der Waals surface area contributed by atoms with Crippen LogP contribution in [-0.4, -0.2) is 10.9 Å². The first-order chi connectivity index (χ1) is 9.65. The average Bonchev–Trinajstić information content (AvgIpc) is 2.47. The highest BCUT2D eigenvalue weighted by molar-refractivity contribution is 5.76. The van der Waals surface area contributed by atoms with Gasteiger partial charge in [-0.05, 0) is 36.2 Å². The van der Waals surface area contributed by atoms with Gasteiger partial charge in [-0.2, -0.15) is 0 Å². The van der Waals surface area contributed by atoms with Crippen LogP contribution in [0.2, 0.25) is 0 Å². The lowest BCUT2D eigenvalue weighted by atomic mass is 10.1. The number of aryl methyl sites for hydroxylation is 1. The summed E-state index contributed by atoms with van der Waals surface area (Å²) in [6.07, 6.45) is 2.24. The average molecular weight is 276 g/mol. The number of pyridine rings is 1. The number of hydrogen-bond acceptors (Lipinski definition) is 2. The first-order valence-corrected chi connectivity index (χ1v) is 6.25. The van der Waals surface area contributed by atoms with Crippen molar-refractivity contribution in [1.82, 2.24) is 10.3 Å². The SMILES string of the molecule is O=C(CCc1ccc(F)c(F)c1)NCc1ccccn1. The van der Waals surface area contributed by atoms with Crippen LogP contribution >= 0.6 is 0 Å². The molecule has 1 heterocycles. The van der Waals surface area contributed by atoms with Gasteiger partial charge in [0.15, 0.2) is 11.6 Å². The minimum atomic E-state index is -0.892. The Balaban J connectivity index is 1.79. The lowest BCUT2D eigenvalue weighted by Crippen LogP contribution is -2.23. The Morgan fingerprint density at radius 3 is 2.70 bits per heavy atom. The largest absolute Gasteiger partial charge is 0.350 e. The second-order valence-electron chi connectivity index (χ2n) is 4.35. The Kier molecular flexibility index (Phi) is 4.76. The smallest absolute Gasteiger partial charge is 0.220 e. The molecular weight excluding hydrogens is 262 g/mol. The van der Waals surface area contributed by atoms with Crippen LogP contribution < -0.4 is 5.32 Å². The number of nitrogens with one attached hydrogen (secondary N) is 1. The van der Waals surface area contributed by atoms with Crippen LogP contribution in [0.4, 0.5) is 8.78 Å². The Labute approximate surface area is 115 Å². The Bertz CT molecular complexity index is 588. The minimum Gasteiger partial charge on any atom is -0.350 e. The van der Waals surface area contributed by atoms with Crippen molar-refractivity contribution in [2.24, 2.45) is 0 Å². The zero-order valence-corrected chi connectivity index (χ0v) is 10.8. The molecule has 0 saturated carbocycles. The van der Waals surface area contributed by atoms with Crippen molar-refractivity contribution in [3.63, 3.8) is 0 Å². The number of amides is 1. The van der Waals surface area contributed by atoms with Crippen molar-refractivity contribution >= 4 is 5.91 Å². The van der Waals surface area contributed by atoms with E-state index >= 15 is 0 Å². The number of rotatable bonds is 5. The summed E-state index contributed by atoms with van der Waals surface area (Å²) in [7, 11) is 0. The van der Waals surface area contributed by atoms with Crippen LogP contribution in [0.3, 0.4) is 0 Å². The van der Waals surface area contributed by atoms with E-state index in [1.54, 1.807) is 12.3 Å². The van der Waals surface area contributed by atoms with Crippen LogP contribution in [0.1, 0.15) is 17.7 Å². The van der Waals surface area contributed by atoms with Gasteiger partial charge in [0.1, 0.15) is 0 Å². The molecule has 0 bridgehead atoms. The molecule has 3 nitrogen and oxygen atoms in total. The fourth-order valence-electron chi connectivity index (χ4n) is 1.73. The van der Waals surface area contributed by atoms with Crippen LogP contribution in [-0.2, 0) is 17.8 Å². The van der Waals surface area contributed by atoms with Gasteiger partial charge in [0.05, 0.1) is 12.2 Å². The maximum absolute atomic E-state index is 13.0. The number of benzene rings is 1. The maximum Gasteiger partial charge on any atom is 0.220 e. The standard InChI is InChI=1S/C15H14F2N2O/c16-13-6-4-11(9-14(13)17)5-7-15(20)19-10-12-3-1-2-8-18-12/h1-4,6,8-9H,5,7,10H2,(H,19,20). The molecule has 20 heavy (non-hydrogen) atoms. The fraction of sp³-hybridized carbons (Fsp3) is 0.200. The summed E-state index contributed by atoms with van der Waals surface area (Å²) in [5.74, 6) is -1.93. The van der Waals surface area contributed by atoms with Crippen LogP contribution in [0.5, 0.6) is 0 Å². The monoisotopic (exact) mass is 276 g/mol. The maximum atomic E-state index is 13.0. The van der Waals surface area contributed by atoms with E-state index in [0.29, 0.717) is 18.5 Å². The number of nitrogens with zero attached hydrogens (tertiary/aromatic N) is 1. The summed E-state index contributed by atoms with van der Waals surface area (Å²) in [5, 5.41) is 2.73. The van der Waals surface area contributed by atoms with Crippen molar-refractivity contribution < 1.29 is 13.6 Å². The van der Waals surface area contributed by atoms with E-state index in [4.69, 9.17) is 0 Å². The number of carbonyl (C=O) groups is 1. The van der Waals surface area contributed by atoms with Crippen LogP contribution in [0.15, 0.2) is 42.6 Å². The molecule has 0 saturated heterocycles. The molecule has 0 atom stereocenters. The number of aromatic nitrogens is 1. The van der Waals surface area contributed by atoms with Gasteiger partial charge in [0.25, 0.3) is 0 Å². The molecule has 1 amide bonds. The van der Waals surface area contributed by atoms with E-state index in [9.17, 15) is 13.6 Å². The lowest BCUT2D eigenvalue weighted by molar-refractivity contribution is -0.121. The number of halogens is 2. The third-order valence-corrected chi connectivity index (χ3v) is 2.82. The van der Waals surface area contributed by atoms with Gasteiger partial charge >= 0.3 is 0 Å². The molecular formula is C15H14F2N2O. The molecule has 2 aromatic rings. The van der Waals surface area contributed by atoms with Crippen LogP contribution in [0, 0.1) is 11.6 Å². The predicted octanol–water partition coefficient (Wildman–Crippen LogP) is 2.61. The van der Waals surface area contributed by atoms with E-state index in [-0.39, 0.29) is 12.3 Å². The minimum absolute atomic E-state index is 0.152. The zero-order chi connectivity index (χ0) is 14.4. The third kappa shape index (κ3) is 4.12. The third-order valence-electron chi connectivity index (χ3n) is 2.82. The van der Waals surface area contributed by atoms with E-state index in [1.807, 2.05) is 12.1 Å². The zero-order valence-electron chi connectivity index (χ0n) is 10.8. The first-order valence-electron chi connectivity index (χ1n) is 6.25. The van der Waals surface area contributed by atoms with Crippen molar-refractivity contribution in [3.8, 4) is 0 Å². The summed E-state index contributed by atoms with van der Waals surface area (Å²) < 4.78 is 25.7. The molecule has 0 spiro atoms. The molecule has 1 N–H and O–H groups in total. The lowest BCUT2D eigenvalue weighted by Gasteiger charge is -2.05. The summed E-state index contributed by atoms with van der Waals surface area (Å²) in [6, 6.07) is 9.11. The van der Waals surface area contributed by atoms with Crippen LogP contribution in [0.25, 0.3) is 0 Å². The van der Waals surface area contributed by atoms with Crippen molar-refractivity contribution in [2.45, 2.75) is 19.4 Å². The van der Waals surface area contributed by atoms with Gasteiger partial charge in [0.2, 0.25) is 5.91 Å². The summed E-state index contributed by atoms with van der Waals surface area (Å²) in [5.41, 5.74) is 1.37. The van der Waals surface area contributed by atoms with E-state index in [0.717, 1.165) is 17.8 Å². The molecule has 1 aromatic heterocycles. The Morgan fingerprint density at radius 2 is 2.00 bits per heavy atom. The van der Waals surface area contributed by atoms with Crippen molar-refractivity contribution in [3.05, 3.63) is 65.5 Å². The number of carbonyl (C=O) groups excluding carboxylic acids is 1. The van der Waals surface area contributed by atoms with Crippen molar-refractivity contribution in [2.75, 3.05) is 0 Å². The molecule has 0 fully saturated rings. The first kappa shape index (κ1) is 14.1. The molecule has 0 radical (unpaired) electrons. The number of hydrogen-bond donors (Lipinski definition) is 1. The van der Waals surface area contributed by atoms with E-state index in [2.05, 4.69) is 10.3 Å². The normalized spacial score (nSPS) is 10.3. The second kappa shape index (κ2) is 6.75. The van der Waals surface area contributed by atoms with E-state index < -0.39 is 11.6 Å². The summed E-state index contributed by atoms with van der Waals surface area (Å²) in [6.45, 7) is 0.359. The van der Waals surface area contributed by atoms with Gasteiger partial charge in [-0.15, -0.1) is 0 Å². The molecule has 0 aliphatic rings. The van der Waals surface area contributed by atoms with Gasteiger partial charge in [-0.25, -0.2) is 8.78 Å². The Hall–Kier alpha value is -2.30. The highest BCUT2D eigenvalue weighted by Crippen LogP contribution is 2.10. The molecule has 104 valence electrons. The van der Waals surface area contributed by atoms with Gasteiger partial charge in [-0.3, -0.25) is 9.78 Å². The molecule has 0 aliphatic carbocycles. The predicted molar refractivity (Wildman–Crippen MR) is 70.8 cm³/mol. The van der Waals surface area contributed by atoms with Gasteiger partial charge in [-0.1, -0.05) is 12.1 Å². The van der Waals surface area contributed by atoms with Gasteiger partial charge < -0.3 is 5.32 Å². The molecule has 1 aromatic carbocycles. The molecule has 5 heteroatoms. The molecule has 0 aliphatic heterocycles. The Morgan fingerprint density at radius 1 is 1.15 bits per heavy atom. The van der Waals surface area contributed by atoms with Gasteiger partial charge in [0, 0.05) is 12.6 Å². The summed E-state index contributed by atoms with van der Waals surface area (Å²) >= 11 is 0. The second-order valence-corrected chi connectivity index (χ2v) is 4.35. The quantitative estimate of drug-likeness (QED) is 0.912. The van der Waals surface area contributed by atoms with E-state index in [1.165, 1.54) is 6.07 Å².